The lowest BCUT2D eigenvalue weighted by Gasteiger charge is -2.32. The van der Waals surface area contributed by atoms with Gasteiger partial charge < -0.3 is 9.47 Å². The van der Waals surface area contributed by atoms with Gasteiger partial charge in [0, 0.05) is 45.7 Å². The predicted octanol–water partition coefficient (Wildman–Crippen LogP) is -0.0204. The molecule has 1 atom stereocenters. The summed E-state index contributed by atoms with van der Waals surface area (Å²) in [5.41, 5.74) is 0. The molecule has 1 unspecified atom stereocenters. The Bertz CT molecular complexity index is 571. The maximum atomic E-state index is 5.86. The molecule has 0 N–H and O–H groups in total. The SMILES string of the molecule is COCCn1nnnc1C1CN(CCCn2cccn2)CCO1. The summed E-state index contributed by atoms with van der Waals surface area (Å²) in [6.45, 7) is 5.61. The molecule has 0 aromatic carbocycles. The third-order valence-corrected chi connectivity index (χ3v) is 3.93. The molecule has 2 aromatic rings. The Kier molecular flexibility index (Phi) is 5.67. The summed E-state index contributed by atoms with van der Waals surface area (Å²) in [6, 6.07) is 1.95. The number of hydrogen-bond acceptors (Lipinski definition) is 7. The van der Waals surface area contributed by atoms with Crippen molar-refractivity contribution in [2.24, 2.45) is 0 Å². The number of hydrogen-bond donors (Lipinski definition) is 0. The van der Waals surface area contributed by atoms with E-state index in [-0.39, 0.29) is 6.10 Å². The Morgan fingerprint density at radius 3 is 3.13 bits per heavy atom. The molecule has 0 amide bonds. The molecule has 23 heavy (non-hydrogen) atoms. The number of aryl methyl sites for hydroxylation is 1. The van der Waals surface area contributed by atoms with Crippen LogP contribution in [-0.4, -0.2) is 74.8 Å². The van der Waals surface area contributed by atoms with Crippen LogP contribution in [0.4, 0.5) is 0 Å². The number of aromatic nitrogens is 6. The van der Waals surface area contributed by atoms with Crippen molar-refractivity contribution in [3.63, 3.8) is 0 Å². The van der Waals surface area contributed by atoms with Gasteiger partial charge in [-0.2, -0.15) is 5.10 Å². The summed E-state index contributed by atoms with van der Waals surface area (Å²) in [5, 5.41) is 16.1. The van der Waals surface area contributed by atoms with E-state index < -0.39 is 0 Å². The summed E-state index contributed by atoms with van der Waals surface area (Å²) in [5.74, 6) is 0.777. The standard InChI is InChI=1S/C14H23N7O2/c1-22-10-9-21-14(16-17-18-21)13-12-19(8-11-23-13)5-3-7-20-6-2-4-15-20/h2,4,6,13H,3,5,7-12H2,1H3. The second kappa shape index (κ2) is 8.14. The molecule has 3 rings (SSSR count). The zero-order valence-corrected chi connectivity index (χ0v) is 13.4. The van der Waals surface area contributed by atoms with E-state index in [0.717, 1.165) is 38.4 Å². The first-order chi connectivity index (χ1) is 11.4. The topological polar surface area (TPSA) is 83.1 Å². The molecule has 0 saturated carbocycles. The van der Waals surface area contributed by atoms with E-state index in [2.05, 4.69) is 25.5 Å². The summed E-state index contributed by atoms with van der Waals surface area (Å²) in [6.07, 6.45) is 4.78. The number of rotatable bonds is 8. The molecule has 1 saturated heterocycles. The number of tetrazole rings is 1. The highest BCUT2D eigenvalue weighted by Gasteiger charge is 2.26. The number of nitrogens with zero attached hydrogens (tertiary/aromatic N) is 7. The highest BCUT2D eigenvalue weighted by atomic mass is 16.5. The van der Waals surface area contributed by atoms with E-state index in [9.17, 15) is 0 Å². The summed E-state index contributed by atoms with van der Waals surface area (Å²) in [7, 11) is 1.67. The number of morpholine rings is 1. The molecular formula is C14H23N7O2. The van der Waals surface area contributed by atoms with Gasteiger partial charge in [0.15, 0.2) is 5.82 Å². The monoisotopic (exact) mass is 321 g/mol. The quantitative estimate of drug-likeness (QED) is 0.675. The predicted molar refractivity (Wildman–Crippen MR) is 81.7 cm³/mol. The smallest absolute Gasteiger partial charge is 0.181 e. The largest absolute Gasteiger partial charge is 0.383 e. The van der Waals surface area contributed by atoms with Gasteiger partial charge in [0.25, 0.3) is 0 Å². The summed E-state index contributed by atoms with van der Waals surface area (Å²) < 4.78 is 14.7. The minimum atomic E-state index is -0.0830. The van der Waals surface area contributed by atoms with Gasteiger partial charge in [-0.15, -0.1) is 5.10 Å². The molecule has 0 aliphatic carbocycles. The van der Waals surface area contributed by atoms with Crippen LogP contribution in [0.1, 0.15) is 18.3 Å². The fraction of sp³-hybridized carbons (Fsp3) is 0.714. The van der Waals surface area contributed by atoms with Gasteiger partial charge in [-0.05, 0) is 22.9 Å². The lowest BCUT2D eigenvalue weighted by molar-refractivity contribution is -0.0373. The molecule has 2 aromatic heterocycles. The van der Waals surface area contributed by atoms with Gasteiger partial charge in [-0.25, -0.2) is 4.68 Å². The van der Waals surface area contributed by atoms with E-state index in [0.29, 0.717) is 19.8 Å². The van der Waals surface area contributed by atoms with E-state index >= 15 is 0 Å². The maximum Gasteiger partial charge on any atom is 0.181 e. The average molecular weight is 321 g/mol. The zero-order valence-electron chi connectivity index (χ0n) is 13.4. The molecule has 1 aliphatic rings. The van der Waals surface area contributed by atoms with Crippen molar-refractivity contribution < 1.29 is 9.47 Å². The van der Waals surface area contributed by atoms with Crippen molar-refractivity contribution in [1.82, 2.24) is 34.9 Å². The van der Waals surface area contributed by atoms with Crippen LogP contribution >= 0.6 is 0 Å². The second-order valence-corrected chi connectivity index (χ2v) is 5.54. The van der Waals surface area contributed by atoms with Crippen molar-refractivity contribution in [2.75, 3.05) is 40.0 Å². The van der Waals surface area contributed by atoms with Crippen LogP contribution in [0, 0.1) is 0 Å². The van der Waals surface area contributed by atoms with Crippen LogP contribution in [0.15, 0.2) is 18.5 Å². The maximum absolute atomic E-state index is 5.86. The highest BCUT2D eigenvalue weighted by Crippen LogP contribution is 2.19. The van der Waals surface area contributed by atoms with Crippen LogP contribution in [-0.2, 0) is 22.6 Å². The van der Waals surface area contributed by atoms with Crippen molar-refractivity contribution in [2.45, 2.75) is 25.6 Å². The van der Waals surface area contributed by atoms with E-state index in [1.54, 1.807) is 11.8 Å². The Balaban J connectivity index is 1.50. The van der Waals surface area contributed by atoms with Gasteiger partial charge in [-0.3, -0.25) is 9.58 Å². The molecule has 1 fully saturated rings. The second-order valence-electron chi connectivity index (χ2n) is 5.54. The normalized spacial score (nSPS) is 19.3. The Morgan fingerprint density at radius 2 is 2.30 bits per heavy atom. The van der Waals surface area contributed by atoms with E-state index in [4.69, 9.17) is 9.47 Å². The molecule has 0 spiro atoms. The van der Waals surface area contributed by atoms with Gasteiger partial charge in [-0.1, -0.05) is 0 Å². The van der Waals surface area contributed by atoms with E-state index in [1.165, 1.54) is 0 Å². The third-order valence-electron chi connectivity index (χ3n) is 3.93. The molecule has 9 nitrogen and oxygen atoms in total. The van der Waals surface area contributed by atoms with Gasteiger partial charge in [0.2, 0.25) is 0 Å². The molecule has 1 aliphatic heterocycles. The van der Waals surface area contributed by atoms with Crippen LogP contribution in [0.2, 0.25) is 0 Å². The van der Waals surface area contributed by atoms with Crippen molar-refractivity contribution >= 4 is 0 Å². The Morgan fingerprint density at radius 1 is 1.35 bits per heavy atom. The molecular weight excluding hydrogens is 298 g/mol. The lowest BCUT2D eigenvalue weighted by atomic mass is 10.2. The lowest BCUT2D eigenvalue weighted by Crippen LogP contribution is -2.40. The Hall–Kier alpha value is -1.84. The number of ether oxygens (including phenoxy) is 2. The third kappa shape index (κ3) is 4.34. The van der Waals surface area contributed by atoms with Crippen LogP contribution in [0.5, 0.6) is 0 Å². The fourth-order valence-corrected chi connectivity index (χ4v) is 2.73. The van der Waals surface area contributed by atoms with Crippen molar-refractivity contribution in [1.29, 1.82) is 0 Å². The molecule has 9 heteroatoms. The van der Waals surface area contributed by atoms with Crippen molar-refractivity contribution in [3.05, 3.63) is 24.3 Å². The van der Waals surface area contributed by atoms with Gasteiger partial charge >= 0.3 is 0 Å². The first-order valence-corrected chi connectivity index (χ1v) is 7.93. The zero-order chi connectivity index (χ0) is 15.9. The minimum Gasteiger partial charge on any atom is -0.383 e. The van der Waals surface area contributed by atoms with Crippen molar-refractivity contribution in [3.8, 4) is 0 Å². The molecule has 126 valence electrons. The molecule has 0 radical (unpaired) electrons. The molecule has 0 bridgehead atoms. The summed E-state index contributed by atoms with van der Waals surface area (Å²) in [4.78, 5) is 2.40. The highest BCUT2D eigenvalue weighted by molar-refractivity contribution is 4.92. The van der Waals surface area contributed by atoms with Gasteiger partial charge in [0.05, 0.1) is 19.8 Å². The Labute approximate surface area is 135 Å². The van der Waals surface area contributed by atoms with E-state index in [1.807, 2.05) is 23.1 Å². The first kappa shape index (κ1) is 16.0. The number of methoxy groups -OCH3 is 1. The molecule has 3 heterocycles. The van der Waals surface area contributed by atoms with Crippen LogP contribution < -0.4 is 0 Å². The van der Waals surface area contributed by atoms with Gasteiger partial charge in [0.1, 0.15) is 6.10 Å². The minimum absolute atomic E-state index is 0.0830. The van der Waals surface area contributed by atoms with Crippen LogP contribution in [0.3, 0.4) is 0 Å². The average Bonchev–Trinajstić information content (AvgIpc) is 3.25. The summed E-state index contributed by atoms with van der Waals surface area (Å²) >= 11 is 0. The fourth-order valence-electron chi connectivity index (χ4n) is 2.73. The first-order valence-electron chi connectivity index (χ1n) is 7.93. The van der Waals surface area contributed by atoms with Crippen LogP contribution in [0.25, 0.3) is 0 Å².